The fourth-order valence-electron chi connectivity index (χ4n) is 2.24. The molecule has 4 heteroatoms. The highest BCUT2D eigenvalue weighted by molar-refractivity contribution is 5.32. The fraction of sp³-hybridized carbons (Fsp3) is 0.438. The molecule has 1 aromatic heterocycles. The molecule has 0 saturated carbocycles. The number of nitrogens with two attached hydrogens (primary N) is 1. The first kappa shape index (κ1) is 14.6. The minimum absolute atomic E-state index is 0.448. The van der Waals surface area contributed by atoms with Crippen LogP contribution in [0.3, 0.4) is 0 Å². The van der Waals surface area contributed by atoms with E-state index in [0.717, 1.165) is 30.1 Å². The summed E-state index contributed by atoms with van der Waals surface area (Å²) in [6, 6.07) is 7.93. The molecule has 2 rings (SSSR count). The number of rotatable bonds is 7. The van der Waals surface area contributed by atoms with Crippen molar-refractivity contribution in [3.63, 3.8) is 0 Å². The van der Waals surface area contributed by atoms with Gasteiger partial charge in [-0.15, -0.1) is 0 Å². The van der Waals surface area contributed by atoms with Crippen LogP contribution in [0.2, 0.25) is 0 Å². The van der Waals surface area contributed by atoms with Crippen LogP contribution in [0.15, 0.2) is 36.7 Å². The molecule has 2 N–H and O–H groups in total. The molecule has 1 heterocycles. The molecule has 108 valence electrons. The van der Waals surface area contributed by atoms with Crippen molar-refractivity contribution in [2.24, 2.45) is 5.73 Å². The lowest BCUT2D eigenvalue weighted by atomic mass is 10.2. The zero-order chi connectivity index (χ0) is 14.4. The number of hydrogen-bond donors (Lipinski definition) is 1. The molecule has 0 amide bonds. The minimum Gasteiger partial charge on any atom is -0.493 e. The van der Waals surface area contributed by atoms with Crippen molar-refractivity contribution in [1.29, 1.82) is 0 Å². The Hall–Kier alpha value is -1.81. The molecule has 0 aliphatic carbocycles. The normalized spacial score (nSPS) is 11.0. The van der Waals surface area contributed by atoms with Crippen LogP contribution in [0.4, 0.5) is 0 Å². The molecule has 0 saturated heterocycles. The number of imidazole rings is 1. The molecule has 0 spiro atoms. The third-order valence-electron chi connectivity index (χ3n) is 3.26. The van der Waals surface area contributed by atoms with Crippen molar-refractivity contribution in [2.75, 3.05) is 6.61 Å². The summed E-state index contributed by atoms with van der Waals surface area (Å²) in [5, 5.41) is 0. The summed E-state index contributed by atoms with van der Waals surface area (Å²) in [6.07, 6.45) is 4.85. The summed E-state index contributed by atoms with van der Waals surface area (Å²) in [7, 11) is 0. The Balaban J connectivity index is 1.83. The Morgan fingerprint density at radius 2 is 2.10 bits per heavy atom. The molecular weight excluding hydrogens is 250 g/mol. The fourth-order valence-corrected chi connectivity index (χ4v) is 2.24. The SMILES string of the molecule is CC(C)c1nccn1CCCOc1ccccc1CN. The molecule has 20 heavy (non-hydrogen) atoms. The molecule has 0 aliphatic rings. The minimum atomic E-state index is 0.448. The summed E-state index contributed by atoms with van der Waals surface area (Å²) < 4.78 is 8.01. The van der Waals surface area contributed by atoms with Crippen LogP contribution in [-0.4, -0.2) is 16.2 Å². The Morgan fingerprint density at radius 3 is 2.85 bits per heavy atom. The molecule has 0 atom stereocenters. The molecule has 2 aromatic rings. The third kappa shape index (κ3) is 3.61. The van der Waals surface area contributed by atoms with E-state index in [9.17, 15) is 0 Å². The van der Waals surface area contributed by atoms with Crippen LogP contribution in [0.1, 0.15) is 37.6 Å². The van der Waals surface area contributed by atoms with E-state index >= 15 is 0 Å². The Kier molecular flexibility index (Phi) is 5.18. The predicted molar refractivity (Wildman–Crippen MR) is 80.8 cm³/mol. The first-order valence-corrected chi connectivity index (χ1v) is 7.14. The largest absolute Gasteiger partial charge is 0.493 e. The number of aromatic nitrogens is 2. The molecular formula is C16H23N3O. The van der Waals surface area contributed by atoms with E-state index in [4.69, 9.17) is 10.5 Å². The van der Waals surface area contributed by atoms with E-state index in [0.29, 0.717) is 19.1 Å². The van der Waals surface area contributed by atoms with Crippen LogP contribution in [-0.2, 0) is 13.1 Å². The molecule has 1 aromatic carbocycles. The third-order valence-corrected chi connectivity index (χ3v) is 3.26. The predicted octanol–water partition coefficient (Wildman–Crippen LogP) is 2.93. The van der Waals surface area contributed by atoms with Crippen molar-refractivity contribution in [1.82, 2.24) is 9.55 Å². The van der Waals surface area contributed by atoms with Gasteiger partial charge in [-0.25, -0.2) is 4.98 Å². The number of ether oxygens (including phenoxy) is 1. The summed E-state index contributed by atoms with van der Waals surface area (Å²) in [4.78, 5) is 4.39. The van der Waals surface area contributed by atoms with Crippen molar-refractivity contribution in [3.8, 4) is 5.75 Å². The van der Waals surface area contributed by atoms with Gasteiger partial charge in [0.05, 0.1) is 6.61 Å². The summed E-state index contributed by atoms with van der Waals surface area (Å²) in [5.41, 5.74) is 6.75. The van der Waals surface area contributed by atoms with Gasteiger partial charge in [0.1, 0.15) is 11.6 Å². The van der Waals surface area contributed by atoms with E-state index in [1.165, 1.54) is 0 Å². The Labute approximate surface area is 120 Å². The van der Waals surface area contributed by atoms with Crippen molar-refractivity contribution >= 4 is 0 Å². The highest BCUT2D eigenvalue weighted by atomic mass is 16.5. The maximum atomic E-state index is 5.81. The molecule has 4 nitrogen and oxygen atoms in total. The van der Waals surface area contributed by atoms with Crippen LogP contribution in [0.5, 0.6) is 5.75 Å². The lowest BCUT2D eigenvalue weighted by Crippen LogP contribution is -2.09. The second-order valence-corrected chi connectivity index (χ2v) is 5.15. The molecule has 0 bridgehead atoms. The highest BCUT2D eigenvalue weighted by Gasteiger charge is 2.06. The van der Waals surface area contributed by atoms with Gasteiger partial charge in [0, 0.05) is 37.0 Å². The van der Waals surface area contributed by atoms with Gasteiger partial charge < -0.3 is 15.0 Å². The standard InChI is InChI=1S/C16H23N3O/c1-13(2)16-18-8-10-19(16)9-5-11-20-15-7-4-3-6-14(15)12-17/h3-4,6-8,10,13H,5,9,11-12,17H2,1-2H3. The summed E-state index contributed by atoms with van der Waals surface area (Å²) in [5.74, 6) is 2.47. The lowest BCUT2D eigenvalue weighted by molar-refractivity contribution is 0.298. The number of aryl methyl sites for hydroxylation is 1. The van der Waals surface area contributed by atoms with Gasteiger partial charge in [-0.1, -0.05) is 32.0 Å². The molecule has 0 aliphatic heterocycles. The maximum absolute atomic E-state index is 5.81. The highest BCUT2D eigenvalue weighted by Crippen LogP contribution is 2.17. The van der Waals surface area contributed by atoms with Gasteiger partial charge >= 0.3 is 0 Å². The number of para-hydroxylation sites is 1. The van der Waals surface area contributed by atoms with Gasteiger partial charge in [0.2, 0.25) is 0 Å². The topological polar surface area (TPSA) is 53.1 Å². The molecule has 0 unspecified atom stereocenters. The first-order chi connectivity index (χ1) is 9.72. The zero-order valence-electron chi connectivity index (χ0n) is 12.2. The summed E-state index contributed by atoms with van der Waals surface area (Å²) >= 11 is 0. The first-order valence-electron chi connectivity index (χ1n) is 7.14. The van der Waals surface area contributed by atoms with Crippen LogP contribution in [0, 0.1) is 0 Å². The van der Waals surface area contributed by atoms with E-state index in [1.54, 1.807) is 0 Å². The lowest BCUT2D eigenvalue weighted by Gasteiger charge is -2.12. The van der Waals surface area contributed by atoms with Crippen molar-refractivity contribution in [2.45, 2.75) is 39.3 Å². The number of hydrogen-bond acceptors (Lipinski definition) is 3. The van der Waals surface area contributed by atoms with E-state index in [2.05, 4.69) is 23.4 Å². The average molecular weight is 273 g/mol. The van der Waals surface area contributed by atoms with Gasteiger partial charge in [-0.2, -0.15) is 0 Å². The van der Waals surface area contributed by atoms with Crippen molar-refractivity contribution in [3.05, 3.63) is 48.0 Å². The van der Waals surface area contributed by atoms with E-state index in [1.807, 2.05) is 36.7 Å². The Morgan fingerprint density at radius 1 is 1.30 bits per heavy atom. The smallest absolute Gasteiger partial charge is 0.123 e. The second-order valence-electron chi connectivity index (χ2n) is 5.15. The van der Waals surface area contributed by atoms with Crippen LogP contribution >= 0.6 is 0 Å². The van der Waals surface area contributed by atoms with Gasteiger partial charge in [-0.3, -0.25) is 0 Å². The summed E-state index contributed by atoms with van der Waals surface area (Å²) in [6.45, 7) is 6.44. The zero-order valence-corrected chi connectivity index (χ0v) is 12.2. The van der Waals surface area contributed by atoms with Gasteiger partial charge in [-0.05, 0) is 12.5 Å². The maximum Gasteiger partial charge on any atom is 0.123 e. The van der Waals surface area contributed by atoms with Gasteiger partial charge in [0.25, 0.3) is 0 Å². The van der Waals surface area contributed by atoms with Crippen LogP contribution in [0.25, 0.3) is 0 Å². The second kappa shape index (κ2) is 7.10. The molecule has 0 fully saturated rings. The van der Waals surface area contributed by atoms with E-state index < -0.39 is 0 Å². The average Bonchev–Trinajstić information content (AvgIpc) is 2.92. The van der Waals surface area contributed by atoms with Crippen molar-refractivity contribution < 1.29 is 4.74 Å². The quantitative estimate of drug-likeness (QED) is 0.789. The number of benzene rings is 1. The van der Waals surface area contributed by atoms with Gasteiger partial charge in [0.15, 0.2) is 0 Å². The number of nitrogens with zero attached hydrogens (tertiary/aromatic N) is 2. The monoisotopic (exact) mass is 273 g/mol. The van der Waals surface area contributed by atoms with E-state index in [-0.39, 0.29) is 0 Å². The molecule has 0 radical (unpaired) electrons. The Bertz CT molecular complexity index is 534. The van der Waals surface area contributed by atoms with Crippen LogP contribution < -0.4 is 10.5 Å².